The maximum absolute atomic E-state index is 6.16. The van der Waals surface area contributed by atoms with Crippen molar-refractivity contribution < 1.29 is 4.74 Å². The summed E-state index contributed by atoms with van der Waals surface area (Å²) < 4.78 is 6.04. The van der Waals surface area contributed by atoms with Crippen LogP contribution in [0.1, 0.15) is 18.4 Å². The van der Waals surface area contributed by atoms with Gasteiger partial charge >= 0.3 is 0 Å². The molecule has 1 saturated heterocycles. The maximum Gasteiger partial charge on any atom is 0.224 e. The lowest BCUT2D eigenvalue weighted by atomic mass is 10.1. The van der Waals surface area contributed by atoms with Gasteiger partial charge in [0.1, 0.15) is 11.9 Å². The number of nitrogens with zero attached hydrogens (tertiary/aromatic N) is 4. The summed E-state index contributed by atoms with van der Waals surface area (Å²) in [7, 11) is 3.89. The number of piperidine rings is 1. The first kappa shape index (κ1) is 17.0. The first-order valence-electron chi connectivity index (χ1n) is 8.23. The predicted octanol–water partition coefficient (Wildman–Crippen LogP) is 3.24. The largest absolute Gasteiger partial charge is 0.489 e. The van der Waals surface area contributed by atoms with Gasteiger partial charge in [0, 0.05) is 51.7 Å². The van der Waals surface area contributed by atoms with Gasteiger partial charge in [-0.2, -0.15) is 0 Å². The van der Waals surface area contributed by atoms with E-state index in [4.69, 9.17) is 16.3 Å². The molecule has 0 radical (unpaired) electrons. The summed E-state index contributed by atoms with van der Waals surface area (Å²) in [6.45, 7) is 2.89. The Morgan fingerprint density at radius 1 is 1.17 bits per heavy atom. The van der Waals surface area contributed by atoms with Gasteiger partial charge in [0.25, 0.3) is 0 Å². The summed E-state index contributed by atoms with van der Waals surface area (Å²) in [5.41, 5.74) is 1.14. The molecule has 2 heterocycles. The van der Waals surface area contributed by atoms with Gasteiger partial charge < -0.3 is 9.64 Å². The topological polar surface area (TPSA) is 41.5 Å². The Kier molecular flexibility index (Phi) is 5.53. The van der Waals surface area contributed by atoms with Gasteiger partial charge in [-0.25, -0.2) is 9.97 Å². The van der Waals surface area contributed by atoms with Crippen LogP contribution in [0.3, 0.4) is 0 Å². The zero-order valence-corrected chi connectivity index (χ0v) is 14.9. The minimum atomic E-state index is 0.230. The second kappa shape index (κ2) is 7.81. The third kappa shape index (κ3) is 4.36. The highest BCUT2D eigenvalue weighted by molar-refractivity contribution is 6.32. The van der Waals surface area contributed by atoms with E-state index >= 15 is 0 Å². The second-order valence-corrected chi connectivity index (χ2v) is 6.72. The quantitative estimate of drug-likeness (QED) is 0.831. The van der Waals surface area contributed by atoms with E-state index in [1.807, 2.05) is 55.7 Å². The van der Waals surface area contributed by atoms with Crippen molar-refractivity contribution in [3.8, 4) is 5.75 Å². The highest BCUT2D eigenvalue weighted by Gasteiger charge is 2.21. The van der Waals surface area contributed by atoms with Crippen LogP contribution >= 0.6 is 11.6 Å². The normalized spacial score (nSPS) is 16.1. The monoisotopic (exact) mass is 346 g/mol. The molecule has 3 rings (SSSR count). The van der Waals surface area contributed by atoms with Crippen LogP contribution in [0.4, 0.5) is 5.95 Å². The summed E-state index contributed by atoms with van der Waals surface area (Å²) >= 11 is 6.16. The molecule has 1 aromatic carbocycles. The Morgan fingerprint density at radius 3 is 2.46 bits per heavy atom. The Balaban J connectivity index is 1.49. The molecule has 0 amide bonds. The molecule has 128 valence electrons. The summed E-state index contributed by atoms with van der Waals surface area (Å²) in [5, 5.41) is 0.679. The summed E-state index contributed by atoms with van der Waals surface area (Å²) in [4.78, 5) is 13.1. The standard InChI is InChI=1S/C18H23ClN4O/c1-22(2)18-20-11-14(12-21-18)13-23-9-7-15(8-10-23)24-17-6-4-3-5-16(17)19/h3-6,11-12,15H,7-10,13H2,1-2H3. The van der Waals surface area contributed by atoms with Crippen molar-refractivity contribution in [2.24, 2.45) is 0 Å². The van der Waals surface area contributed by atoms with Crippen molar-refractivity contribution in [1.82, 2.24) is 14.9 Å². The predicted molar refractivity (Wildman–Crippen MR) is 96.7 cm³/mol. The average molecular weight is 347 g/mol. The zero-order valence-electron chi connectivity index (χ0n) is 14.2. The number of likely N-dealkylation sites (tertiary alicyclic amines) is 1. The molecular formula is C18H23ClN4O. The van der Waals surface area contributed by atoms with E-state index in [9.17, 15) is 0 Å². The summed E-state index contributed by atoms with van der Waals surface area (Å²) in [6, 6.07) is 7.66. The second-order valence-electron chi connectivity index (χ2n) is 6.31. The van der Waals surface area contributed by atoms with Gasteiger partial charge in [-0.3, -0.25) is 4.90 Å². The molecule has 0 N–H and O–H groups in total. The van der Waals surface area contributed by atoms with E-state index in [-0.39, 0.29) is 6.10 Å². The van der Waals surface area contributed by atoms with E-state index < -0.39 is 0 Å². The minimum Gasteiger partial charge on any atom is -0.489 e. The van der Waals surface area contributed by atoms with Gasteiger partial charge in [-0.15, -0.1) is 0 Å². The molecule has 0 aliphatic carbocycles. The first-order valence-corrected chi connectivity index (χ1v) is 8.61. The summed E-state index contributed by atoms with van der Waals surface area (Å²) in [5.74, 6) is 1.52. The Bertz CT molecular complexity index is 654. The van der Waals surface area contributed by atoms with Crippen LogP contribution in [0.2, 0.25) is 5.02 Å². The molecular weight excluding hydrogens is 324 g/mol. The van der Waals surface area contributed by atoms with Crippen LogP contribution in [-0.2, 0) is 6.54 Å². The fourth-order valence-corrected chi connectivity index (χ4v) is 3.00. The lowest BCUT2D eigenvalue weighted by molar-refractivity contribution is 0.0968. The number of hydrogen-bond donors (Lipinski definition) is 0. The van der Waals surface area contributed by atoms with Crippen LogP contribution in [0.5, 0.6) is 5.75 Å². The van der Waals surface area contributed by atoms with Crippen molar-refractivity contribution >= 4 is 17.5 Å². The van der Waals surface area contributed by atoms with Crippen molar-refractivity contribution in [2.45, 2.75) is 25.5 Å². The number of benzene rings is 1. The molecule has 1 aromatic heterocycles. The molecule has 2 aromatic rings. The van der Waals surface area contributed by atoms with E-state index in [1.54, 1.807) is 0 Å². The van der Waals surface area contributed by atoms with E-state index in [2.05, 4.69) is 14.9 Å². The van der Waals surface area contributed by atoms with Crippen molar-refractivity contribution in [1.29, 1.82) is 0 Å². The molecule has 6 heteroatoms. The lowest BCUT2D eigenvalue weighted by Crippen LogP contribution is -2.37. The van der Waals surface area contributed by atoms with Crippen LogP contribution in [0.25, 0.3) is 0 Å². The Morgan fingerprint density at radius 2 is 1.83 bits per heavy atom. The number of halogens is 1. The molecule has 0 unspecified atom stereocenters. The van der Waals surface area contributed by atoms with Gasteiger partial charge in [-0.05, 0) is 25.0 Å². The fraction of sp³-hybridized carbons (Fsp3) is 0.444. The molecule has 0 spiro atoms. The lowest BCUT2D eigenvalue weighted by Gasteiger charge is -2.32. The number of rotatable bonds is 5. The molecule has 0 bridgehead atoms. The maximum atomic E-state index is 6.16. The molecule has 1 fully saturated rings. The average Bonchev–Trinajstić information content (AvgIpc) is 2.59. The van der Waals surface area contributed by atoms with E-state index in [0.717, 1.165) is 49.7 Å². The van der Waals surface area contributed by atoms with Gasteiger partial charge in [0.05, 0.1) is 5.02 Å². The van der Waals surface area contributed by atoms with Crippen molar-refractivity contribution in [2.75, 3.05) is 32.1 Å². The fourth-order valence-electron chi connectivity index (χ4n) is 2.82. The van der Waals surface area contributed by atoms with Gasteiger partial charge in [0.2, 0.25) is 5.95 Å². The number of aromatic nitrogens is 2. The van der Waals surface area contributed by atoms with Crippen molar-refractivity contribution in [3.05, 3.63) is 47.2 Å². The third-order valence-corrected chi connectivity index (χ3v) is 4.48. The zero-order chi connectivity index (χ0) is 16.9. The molecule has 0 saturated carbocycles. The number of hydrogen-bond acceptors (Lipinski definition) is 5. The molecule has 24 heavy (non-hydrogen) atoms. The Hall–Kier alpha value is -1.85. The SMILES string of the molecule is CN(C)c1ncc(CN2CCC(Oc3ccccc3Cl)CC2)cn1. The smallest absolute Gasteiger partial charge is 0.224 e. The summed E-state index contributed by atoms with van der Waals surface area (Å²) in [6.07, 6.45) is 6.06. The Labute approximate surface area is 148 Å². The molecule has 1 aliphatic heterocycles. The van der Waals surface area contributed by atoms with E-state index in [1.165, 1.54) is 0 Å². The first-order chi connectivity index (χ1) is 11.6. The number of para-hydroxylation sites is 1. The van der Waals surface area contributed by atoms with Crippen LogP contribution < -0.4 is 9.64 Å². The van der Waals surface area contributed by atoms with Crippen LogP contribution in [0, 0.1) is 0 Å². The highest BCUT2D eigenvalue weighted by atomic mass is 35.5. The number of anilines is 1. The van der Waals surface area contributed by atoms with E-state index in [0.29, 0.717) is 5.02 Å². The highest BCUT2D eigenvalue weighted by Crippen LogP contribution is 2.27. The van der Waals surface area contributed by atoms with Crippen LogP contribution in [-0.4, -0.2) is 48.2 Å². The molecule has 1 aliphatic rings. The number of ether oxygens (including phenoxy) is 1. The molecule has 5 nitrogen and oxygen atoms in total. The molecule has 0 atom stereocenters. The minimum absolute atomic E-state index is 0.230. The van der Waals surface area contributed by atoms with Crippen LogP contribution in [0.15, 0.2) is 36.7 Å². The van der Waals surface area contributed by atoms with Gasteiger partial charge in [0.15, 0.2) is 0 Å². The van der Waals surface area contributed by atoms with Crippen molar-refractivity contribution in [3.63, 3.8) is 0 Å². The van der Waals surface area contributed by atoms with Gasteiger partial charge in [-0.1, -0.05) is 23.7 Å². The third-order valence-electron chi connectivity index (χ3n) is 4.16.